The van der Waals surface area contributed by atoms with Gasteiger partial charge in [-0.2, -0.15) is 0 Å². The molecule has 5 nitrogen and oxygen atoms in total. The highest BCUT2D eigenvalue weighted by atomic mass is 16.5. The molecule has 5 heteroatoms. The van der Waals surface area contributed by atoms with Crippen LogP contribution in [0.5, 0.6) is 0 Å². The van der Waals surface area contributed by atoms with Crippen molar-refractivity contribution in [1.82, 2.24) is 9.97 Å². The van der Waals surface area contributed by atoms with Gasteiger partial charge in [-0.05, 0) is 55.9 Å². The fourth-order valence-corrected chi connectivity index (χ4v) is 2.93. The molecule has 0 bridgehead atoms. The first-order chi connectivity index (χ1) is 11.7. The van der Waals surface area contributed by atoms with E-state index in [1.165, 1.54) is 13.2 Å². The van der Waals surface area contributed by atoms with Crippen LogP contribution in [-0.4, -0.2) is 35.8 Å². The predicted molar refractivity (Wildman–Crippen MR) is 91.5 cm³/mol. The number of carbonyl (C=O) groups is 1. The van der Waals surface area contributed by atoms with Crippen molar-refractivity contribution in [2.75, 3.05) is 13.7 Å². The van der Waals surface area contributed by atoms with E-state index in [0.717, 1.165) is 42.4 Å². The summed E-state index contributed by atoms with van der Waals surface area (Å²) in [5.74, 6) is 0.350. The molecule has 1 aliphatic carbocycles. The zero-order valence-corrected chi connectivity index (χ0v) is 13.9. The predicted octanol–water partition coefficient (Wildman–Crippen LogP) is 3.09. The number of fused-ring (bicyclic) bond motifs is 1. The Morgan fingerprint density at radius 1 is 1.33 bits per heavy atom. The zero-order valence-electron chi connectivity index (χ0n) is 13.9. The van der Waals surface area contributed by atoms with Crippen molar-refractivity contribution in [1.29, 1.82) is 0 Å². The van der Waals surface area contributed by atoms with Crippen molar-refractivity contribution in [3.63, 3.8) is 0 Å². The van der Waals surface area contributed by atoms with Gasteiger partial charge in [0.2, 0.25) is 0 Å². The first-order valence-electron chi connectivity index (χ1n) is 8.31. The molecule has 0 aromatic carbocycles. The summed E-state index contributed by atoms with van der Waals surface area (Å²) in [6, 6.07) is 8.14. The van der Waals surface area contributed by atoms with Gasteiger partial charge < -0.3 is 9.47 Å². The Labute approximate surface area is 141 Å². The molecule has 3 rings (SSSR count). The van der Waals surface area contributed by atoms with Crippen LogP contribution in [0, 0.1) is 5.92 Å². The van der Waals surface area contributed by atoms with Crippen LogP contribution in [0.25, 0.3) is 11.0 Å². The number of methoxy groups -OCH3 is 1. The Bertz CT molecular complexity index is 723. The maximum Gasteiger partial charge on any atom is 0.330 e. The average Bonchev–Trinajstić information content (AvgIpc) is 2.58. The summed E-state index contributed by atoms with van der Waals surface area (Å²) in [6.45, 7) is 0.463. The first-order valence-corrected chi connectivity index (χ1v) is 8.31. The maximum absolute atomic E-state index is 10.9. The van der Waals surface area contributed by atoms with Crippen LogP contribution in [0.3, 0.4) is 0 Å². The second-order valence-corrected chi connectivity index (χ2v) is 6.11. The molecule has 0 N–H and O–H groups in total. The van der Waals surface area contributed by atoms with E-state index in [2.05, 4.69) is 26.8 Å². The molecule has 0 spiro atoms. The molecule has 2 aromatic heterocycles. The van der Waals surface area contributed by atoms with E-state index in [0.29, 0.717) is 18.6 Å². The molecular formula is C19H22N2O3. The Morgan fingerprint density at radius 2 is 2.21 bits per heavy atom. The number of nitrogens with zero attached hydrogens (tertiary/aromatic N) is 2. The number of hydrogen-bond acceptors (Lipinski definition) is 5. The van der Waals surface area contributed by atoms with Crippen LogP contribution >= 0.6 is 0 Å². The molecule has 0 atom stereocenters. The second kappa shape index (κ2) is 8.02. The summed E-state index contributed by atoms with van der Waals surface area (Å²) in [6.07, 6.45) is 9.46. The SMILES string of the molecule is COC(=O)/C=C/COC1CC(CCc2ccc3cccnc3n2)C1. The van der Waals surface area contributed by atoms with Crippen LogP contribution in [-0.2, 0) is 20.7 Å². The number of aryl methyl sites for hydroxylation is 1. The van der Waals surface area contributed by atoms with E-state index in [-0.39, 0.29) is 5.97 Å². The van der Waals surface area contributed by atoms with Gasteiger partial charge in [0.25, 0.3) is 0 Å². The highest BCUT2D eigenvalue weighted by Crippen LogP contribution is 2.33. The summed E-state index contributed by atoms with van der Waals surface area (Å²) in [5.41, 5.74) is 1.92. The number of rotatable bonds is 7. The Balaban J connectivity index is 1.36. The summed E-state index contributed by atoms with van der Waals surface area (Å²) >= 11 is 0. The molecule has 24 heavy (non-hydrogen) atoms. The van der Waals surface area contributed by atoms with Crippen LogP contribution in [0.15, 0.2) is 42.6 Å². The van der Waals surface area contributed by atoms with Gasteiger partial charge in [0, 0.05) is 23.4 Å². The van der Waals surface area contributed by atoms with Gasteiger partial charge in [-0.15, -0.1) is 0 Å². The fraction of sp³-hybridized carbons (Fsp3) is 0.421. The topological polar surface area (TPSA) is 61.3 Å². The van der Waals surface area contributed by atoms with Gasteiger partial charge in [-0.1, -0.05) is 6.08 Å². The van der Waals surface area contributed by atoms with Crippen molar-refractivity contribution < 1.29 is 14.3 Å². The molecule has 2 heterocycles. The summed E-state index contributed by atoms with van der Waals surface area (Å²) in [7, 11) is 1.37. The monoisotopic (exact) mass is 326 g/mol. The van der Waals surface area contributed by atoms with Gasteiger partial charge >= 0.3 is 5.97 Å². The minimum absolute atomic E-state index is 0.309. The number of ether oxygens (including phenoxy) is 2. The molecular weight excluding hydrogens is 304 g/mol. The smallest absolute Gasteiger partial charge is 0.330 e. The van der Waals surface area contributed by atoms with Crippen molar-refractivity contribution >= 4 is 17.0 Å². The molecule has 126 valence electrons. The Kier molecular flexibility index (Phi) is 5.54. The lowest BCUT2D eigenvalue weighted by Gasteiger charge is -2.34. The molecule has 1 aliphatic rings. The number of pyridine rings is 2. The highest BCUT2D eigenvalue weighted by Gasteiger charge is 2.29. The third-order valence-corrected chi connectivity index (χ3v) is 4.41. The fourth-order valence-electron chi connectivity index (χ4n) is 2.93. The third-order valence-electron chi connectivity index (χ3n) is 4.41. The summed E-state index contributed by atoms with van der Waals surface area (Å²) in [4.78, 5) is 19.8. The van der Waals surface area contributed by atoms with Crippen LogP contribution in [0.4, 0.5) is 0 Å². The molecule has 0 amide bonds. The van der Waals surface area contributed by atoms with Gasteiger partial charge in [0.15, 0.2) is 5.65 Å². The van der Waals surface area contributed by atoms with E-state index < -0.39 is 0 Å². The maximum atomic E-state index is 10.9. The van der Waals surface area contributed by atoms with Crippen molar-refractivity contribution in [2.24, 2.45) is 5.92 Å². The molecule has 0 unspecified atom stereocenters. The molecule has 1 fully saturated rings. The first kappa shape index (κ1) is 16.6. The van der Waals surface area contributed by atoms with Crippen molar-refractivity contribution in [3.05, 3.63) is 48.3 Å². The van der Waals surface area contributed by atoms with E-state index in [1.807, 2.05) is 12.1 Å². The summed E-state index contributed by atoms with van der Waals surface area (Å²) < 4.78 is 10.2. The molecule has 1 saturated carbocycles. The number of carbonyl (C=O) groups excluding carboxylic acids is 1. The number of esters is 1. The lowest BCUT2D eigenvalue weighted by molar-refractivity contribution is -0.134. The molecule has 0 aliphatic heterocycles. The lowest BCUT2D eigenvalue weighted by Crippen LogP contribution is -2.31. The minimum atomic E-state index is -0.345. The van der Waals surface area contributed by atoms with E-state index >= 15 is 0 Å². The minimum Gasteiger partial charge on any atom is -0.466 e. The Morgan fingerprint density at radius 3 is 3.04 bits per heavy atom. The van der Waals surface area contributed by atoms with Crippen LogP contribution < -0.4 is 0 Å². The van der Waals surface area contributed by atoms with E-state index in [9.17, 15) is 4.79 Å². The Hall–Kier alpha value is -2.27. The zero-order chi connectivity index (χ0) is 16.8. The largest absolute Gasteiger partial charge is 0.466 e. The molecule has 2 aromatic rings. The standard InChI is InChI=1S/C19H22N2O3/c1-23-18(22)5-3-11-24-17-12-14(13-17)6-8-16-9-7-15-4-2-10-20-19(15)21-16/h2-5,7,9-10,14,17H,6,8,11-13H2,1H3/b5-3+. The lowest BCUT2D eigenvalue weighted by atomic mass is 9.79. The van der Waals surface area contributed by atoms with Gasteiger partial charge in [0.1, 0.15) is 0 Å². The molecule has 0 radical (unpaired) electrons. The third kappa shape index (κ3) is 4.38. The van der Waals surface area contributed by atoms with Crippen LogP contribution in [0.1, 0.15) is 25.0 Å². The highest BCUT2D eigenvalue weighted by molar-refractivity contribution is 5.81. The van der Waals surface area contributed by atoms with Gasteiger partial charge in [-0.25, -0.2) is 14.8 Å². The molecule has 0 saturated heterocycles. The second-order valence-electron chi connectivity index (χ2n) is 6.11. The average molecular weight is 326 g/mol. The quantitative estimate of drug-likeness (QED) is 0.578. The normalized spacial score (nSPS) is 20.2. The van der Waals surface area contributed by atoms with E-state index in [1.54, 1.807) is 12.3 Å². The number of aromatic nitrogens is 2. The van der Waals surface area contributed by atoms with Crippen LogP contribution in [0.2, 0.25) is 0 Å². The summed E-state index contributed by atoms with van der Waals surface area (Å²) in [5, 5.41) is 1.08. The van der Waals surface area contributed by atoms with Crippen molar-refractivity contribution in [2.45, 2.75) is 31.8 Å². The van der Waals surface area contributed by atoms with Gasteiger partial charge in [0.05, 0.1) is 19.8 Å². The van der Waals surface area contributed by atoms with E-state index in [4.69, 9.17) is 4.74 Å². The van der Waals surface area contributed by atoms with Crippen molar-refractivity contribution in [3.8, 4) is 0 Å². The van der Waals surface area contributed by atoms with Gasteiger partial charge in [-0.3, -0.25) is 0 Å². The number of hydrogen-bond donors (Lipinski definition) is 0.